The van der Waals surface area contributed by atoms with Gasteiger partial charge in [0.15, 0.2) is 0 Å². The summed E-state index contributed by atoms with van der Waals surface area (Å²) in [6.45, 7) is 0. The number of ether oxygens (including phenoxy) is 1. The summed E-state index contributed by atoms with van der Waals surface area (Å²) in [6, 6.07) is 22.6. The van der Waals surface area contributed by atoms with E-state index >= 15 is 0 Å². The van der Waals surface area contributed by atoms with Crippen molar-refractivity contribution in [3.8, 4) is 11.8 Å². The molecule has 3 nitrogen and oxygen atoms in total. The van der Waals surface area contributed by atoms with Crippen LogP contribution in [0.4, 0.5) is 0 Å². The number of hydrogen-bond donors (Lipinski definition) is 0. The van der Waals surface area contributed by atoms with Crippen molar-refractivity contribution in [1.82, 2.24) is 0 Å². The molecule has 0 unspecified atom stereocenters. The molecule has 3 heteroatoms. The van der Waals surface area contributed by atoms with E-state index in [0.717, 1.165) is 16.3 Å². The van der Waals surface area contributed by atoms with Crippen molar-refractivity contribution in [2.45, 2.75) is 0 Å². The van der Waals surface area contributed by atoms with Crippen molar-refractivity contribution in [3.63, 3.8) is 0 Å². The number of methoxy groups -OCH3 is 1. The van der Waals surface area contributed by atoms with Gasteiger partial charge in [-0.05, 0) is 40.6 Å². The molecule has 0 spiro atoms. The van der Waals surface area contributed by atoms with Gasteiger partial charge in [-0.2, -0.15) is 5.26 Å². The first-order valence-electron chi connectivity index (χ1n) is 7.50. The minimum Gasteiger partial charge on any atom is -0.497 e. The first-order valence-corrected chi connectivity index (χ1v) is 7.50. The molecule has 0 saturated heterocycles. The predicted molar refractivity (Wildman–Crippen MR) is 94.9 cm³/mol. The average molecular weight is 313 g/mol. The van der Waals surface area contributed by atoms with E-state index in [1.807, 2.05) is 48.5 Å². The molecule has 0 aliphatic rings. The first kappa shape index (κ1) is 15.5. The number of carbonyl (C=O) groups is 1. The third-order valence-electron chi connectivity index (χ3n) is 3.78. The van der Waals surface area contributed by atoms with Gasteiger partial charge in [0, 0.05) is 5.56 Å². The fourth-order valence-electron chi connectivity index (χ4n) is 2.53. The highest BCUT2D eigenvalue weighted by Gasteiger charge is 2.13. The summed E-state index contributed by atoms with van der Waals surface area (Å²) in [5, 5.41) is 11.6. The van der Waals surface area contributed by atoms with Crippen LogP contribution in [0.1, 0.15) is 15.9 Å². The Balaban J connectivity index is 1.98. The van der Waals surface area contributed by atoms with Crippen molar-refractivity contribution in [2.24, 2.45) is 0 Å². The van der Waals surface area contributed by atoms with E-state index in [0.29, 0.717) is 11.3 Å². The summed E-state index contributed by atoms with van der Waals surface area (Å²) in [5.41, 5.74) is 1.35. The van der Waals surface area contributed by atoms with E-state index in [4.69, 9.17) is 4.74 Å². The molecule has 0 atom stereocenters. The monoisotopic (exact) mass is 313 g/mol. The van der Waals surface area contributed by atoms with Gasteiger partial charge >= 0.3 is 0 Å². The fraction of sp³-hybridized carbons (Fsp3) is 0.0476. The molecule has 24 heavy (non-hydrogen) atoms. The lowest BCUT2D eigenvalue weighted by Crippen LogP contribution is -2.02. The Hall–Kier alpha value is -3.38. The van der Waals surface area contributed by atoms with Crippen LogP contribution in [-0.4, -0.2) is 12.9 Å². The number of hydrogen-bond acceptors (Lipinski definition) is 3. The lowest BCUT2D eigenvalue weighted by atomic mass is 10.0. The highest BCUT2D eigenvalue weighted by molar-refractivity contribution is 6.14. The number of rotatable bonds is 4. The molecule has 0 heterocycles. The summed E-state index contributed by atoms with van der Waals surface area (Å²) in [6.07, 6.45) is 1.62. The Morgan fingerprint density at radius 1 is 1.00 bits per heavy atom. The Kier molecular flexibility index (Phi) is 4.40. The quantitative estimate of drug-likeness (QED) is 0.400. The van der Waals surface area contributed by atoms with Gasteiger partial charge < -0.3 is 4.74 Å². The molecule has 0 N–H and O–H groups in total. The summed E-state index contributed by atoms with van der Waals surface area (Å²) in [7, 11) is 1.54. The van der Waals surface area contributed by atoms with Gasteiger partial charge in [-0.1, -0.05) is 48.5 Å². The maximum absolute atomic E-state index is 12.6. The van der Waals surface area contributed by atoms with Crippen molar-refractivity contribution in [2.75, 3.05) is 7.11 Å². The maximum Gasteiger partial charge on any atom is 0.203 e. The Morgan fingerprint density at radius 2 is 1.79 bits per heavy atom. The molecule has 0 fully saturated rings. The van der Waals surface area contributed by atoms with E-state index in [9.17, 15) is 10.1 Å². The van der Waals surface area contributed by atoms with Crippen molar-refractivity contribution in [1.29, 1.82) is 5.26 Å². The molecule has 3 aromatic carbocycles. The number of nitriles is 1. The second kappa shape index (κ2) is 6.80. The van der Waals surface area contributed by atoms with Crippen LogP contribution in [0.5, 0.6) is 5.75 Å². The lowest BCUT2D eigenvalue weighted by molar-refractivity contribution is 0.103. The molecule has 0 aliphatic heterocycles. The molecular weight excluding hydrogens is 298 g/mol. The summed E-state index contributed by atoms with van der Waals surface area (Å²) in [4.78, 5) is 12.6. The number of ketones is 1. The smallest absolute Gasteiger partial charge is 0.203 e. The standard InChI is InChI=1S/C21H15NO2/c1-24-20-8-4-7-18(13-20)21(23)19(14-22)12-15-9-10-16-5-2-3-6-17(16)11-15/h2-13H,1H3/b19-12+. The molecule has 0 aromatic heterocycles. The van der Waals surface area contributed by atoms with Crippen LogP contribution in [0.15, 0.2) is 72.3 Å². The molecule has 0 radical (unpaired) electrons. The minimum atomic E-state index is -0.315. The number of allylic oxidation sites excluding steroid dienone is 1. The molecule has 0 aliphatic carbocycles. The Morgan fingerprint density at radius 3 is 2.54 bits per heavy atom. The minimum absolute atomic E-state index is 0.0959. The highest BCUT2D eigenvalue weighted by Crippen LogP contribution is 2.20. The largest absolute Gasteiger partial charge is 0.497 e. The van der Waals surface area contributed by atoms with E-state index in [2.05, 4.69) is 0 Å². The second-order valence-corrected chi connectivity index (χ2v) is 5.34. The van der Waals surface area contributed by atoms with Gasteiger partial charge in [-0.25, -0.2) is 0 Å². The van der Waals surface area contributed by atoms with Crippen molar-refractivity contribution >= 4 is 22.6 Å². The van der Waals surface area contributed by atoms with Gasteiger partial charge in [0.25, 0.3) is 0 Å². The molecule has 3 aromatic rings. The lowest BCUT2D eigenvalue weighted by Gasteiger charge is -2.04. The summed E-state index contributed by atoms with van der Waals surface area (Å²) in [5.74, 6) is 0.272. The van der Waals surface area contributed by atoms with Crippen LogP contribution < -0.4 is 4.74 Å². The average Bonchev–Trinajstić information content (AvgIpc) is 2.65. The van der Waals surface area contributed by atoms with Crippen LogP contribution in [0.25, 0.3) is 16.8 Å². The SMILES string of the molecule is COc1cccc(C(=O)/C(C#N)=C/c2ccc3ccccc3c2)c1. The van der Waals surface area contributed by atoms with Gasteiger partial charge in [0.1, 0.15) is 17.4 Å². The molecule has 3 rings (SSSR count). The number of nitrogens with zero attached hydrogens (tertiary/aromatic N) is 1. The van der Waals surface area contributed by atoms with Crippen LogP contribution in [-0.2, 0) is 0 Å². The van der Waals surface area contributed by atoms with E-state index in [-0.39, 0.29) is 11.4 Å². The van der Waals surface area contributed by atoms with Crippen molar-refractivity contribution in [3.05, 3.63) is 83.4 Å². The van der Waals surface area contributed by atoms with Gasteiger partial charge in [0.05, 0.1) is 7.11 Å². The molecular formula is C21H15NO2. The van der Waals surface area contributed by atoms with Crippen LogP contribution in [0.2, 0.25) is 0 Å². The van der Waals surface area contributed by atoms with E-state index in [1.165, 1.54) is 0 Å². The zero-order valence-corrected chi connectivity index (χ0v) is 13.2. The van der Waals surface area contributed by atoms with Gasteiger partial charge in [0.2, 0.25) is 5.78 Å². The van der Waals surface area contributed by atoms with Gasteiger partial charge in [-0.15, -0.1) is 0 Å². The molecule has 0 amide bonds. The number of benzene rings is 3. The number of fused-ring (bicyclic) bond motifs is 1. The molecule has 0 saturated carbocycles. The summed E-state index contributed by atoms with van der Waals surface area (Å²) < 4.78 is 5.13. The van der Waals surface area contributed by atoms with Gasteiger partial charge in [-0.3, -0.25) is 4.79 Å². The third-order valence-corrected chi connectivity index (χ3v) is 3.78. The Bertz CT molecular complexity index is 980. The normalized spacial score (nSPS) is 11.1. The van der Waals surface area contributed by atoms with Crippen LogP contribution in [0.3, 0.4) is 0 Å². The maximum atomic E-state index is 12.6. The predicted octanol–water partition coefficient (Wildman–Crippen LogP) is 4.64. The van der Waals surface area contributed by atoms with E-state index < -0.39 is 0 Å². The third kappa shape index (κ3) is 3.18. The zero-order valence-electron chi connectivity index (χ0n) is 13.2. The zero-order chi connectivity index (χ0) is 16.9. The van der Waals surface area contributed by atoms with Crippen LogP contribution >= 0.6 is 0 Å². The second-order valence-electron chi connectivity index (χ2n) is 5.34. The van der Waals surface area contributed by atoms with Crippen LogP contribution in [0, 0.1) is 11.3 Å². The van der Waals surface area contributed by atoms with Crippen molar-refractivity contribution < 1.29 is 9.53 Å². The van der Waals surface area contributed by atoms with E-state index in [1.54, 1.807) is 37.5 Å². The first-order chi connectivity index (χ1) is 11.7. The molecule has 0 bridgehead atoms. The Labute approximate surface area is 140 Å². The number of carbonyl (C=O) groups excluding carboxylic acids is 1. The fourth-order valence-corrected chi connectivity index (χ4v) is 2.53. The highest BCUT2D eigenvalue weighted by atomic mass is 16.5. The summed E-state index contributed by atoms with van der Waals surface area (Å²) >= 11 is 0. The number of Topliss-reactive ketones (excluding diaryl/α,β-unsaturated/α-hetero) is 1. The molecule has 116 valence electrons. The topological polar surface area (TPSA) is 50.1 Å².